The average Bonchev–Trinajstić information content (AvgIpc) is 2.54. The minimum atomic E-state index is 0.172. The number of nitriles is 1. The molecule has 0 atom stereocenters. The molecule has 3 aromatic rings. The first-order chi connectivity index (χ1) is 11.5. The number of aromatic nitrogens is 1. The molecule has 1 aromatic heterocycles. The number of hydrogen-bond donors (Lipinski definition) is 1. The van der Waals surface area contributed by atoms with E-state index in [-0.39, 0.29) is 5.75 Å². The first kappa shape index (κ1) is 16.0. The number of hydrogen-bond acceptors (Lipinski definition) is 3. The maximum absolute atomic E-state index is 9.70. The molecule has 0 radical (unpaired) electrons. The highest BCUT2D eigenvalue weighted by Crippen LogP contribution is 2.35. The molecule has 0 saturated carbocycles. The molecule has 3 nitrogen and oxygen atoms in total. The summed E-state index contributed by atoms with van der Waals surface area (Å²) >= 11 is 6.40. The largest absolute Gasteiger partial charge is 0.508 e. The highest BCUT2D eigenvalue weighted by atomic mass is 35.5. The molecule has 0 fully saturated rings. The normalized spacial score (nSPS) is 10.4. The zero-order valence-electron chi connectivity index (χ0n) is 13.3. The van der Waals surface area contributed by atoms with E-state index >= 15 is 0 Å². The summed E-state index contributed by atoms with van der Waals surface area (Å²) < 4.78 is 0. The summed E-state index contributed by atoms with van der Waals surface area (Å²) in [7, 11) is 0. The van der Waals surface area contributed by atoms with E-state index in [1.54, 1.807) is 25.1 Å². The van der Waals surface area contributed by atoms with Crippen LogP contribution < -0.4 is 0 Å². The quantitative estimate of drug-likeness (QED) is 0.695. The van der Waals surface area contributed by atoms with E-state index in [9.17, 15) is 10.4 Å². The molecule has 24 heavy (non-hydrogen) atoms. The fourth-order valence-corrected chi connectivity index (χ4v) is 3.01. The monoisotopic (exact) mass is 334 g/mol. The smallest absolute Gasteiger partial charge is 0.116 e. The van der Waals surface area contributed by atoms with Crippen molar-refractivity contribution in [2.45, 2.75) is 13.8 Å². The van der Waals surface area contributed by atoms with Crippen LogP contribution in [-0.2, 0) is 0 Å². The molecule has 0 spiro atoms. The molecule has 0 aliphatic rings. The Morgan fingerprint density at radius 3 is 2.50 bits per heavy atom. The fourth-order valence-electron chi connectivity index (χ4n) is 2.68. The number of benzene rings is 2. The third-order valence-corrected chi connectivity index (χ3v) is 4.18. The van der Waals surface area contributed by atoms with Gasteiger partial charge in [0.05, 0.1) is 17.0 Å². The van der Waals surface area contributed by atoms with Gasteiger partial charge in [0.2, 0.25) is 0 Å². The van der Waals surface area contributed by atoms with Crippen LogP contribution in [0.1, 0.15) is 16.8 Å². The maximum Gasteiger partial charge on any atom is 0.116 e. The lowest BCUT2D eigenvalue weighted by Crippen LogP contribution is -1.96. The maximum atomic E-state index is 9.70. The van der Waals surface area contributed by atoms with Crippen LogP contribution in [0.5, 0.6) is 5.75 Å². The van der Waals surface area contributed by atoms with Crippen LogP contribution in [-0.4, -0.2) is 10.1 Å². The lowest BCUT2D eigenvalue weighted by Gasteiger charge is -2.12. The molecule has 0 unspecified atom stereocenters. The van der Waals surface area contributed by atoms with Crippen molar-refractivity contribution in [3.63, 3.8) is 0 Å². The molecule has 1 heterocycles. The zero-order chi connectivity index (χ0) is 17.3. The topological polar surface area (TPSA) is 56.9 Å². The van der Waals surface area contributed by atoms with E-state index in [0.29, 0.717) is 22.0 Å². The summed E-state index contributed by atoms with van der Waals surface area (Å²) in [6.07, 6.45) is 0. The minimum absolute atomic E-state index is 0.172. The van der Waals surface area contributed by atoms with Gasteiger partial charge in [-0.15, -0.1) is 0 Å². The lowest BCUT2D eigenvalue weighted by molar-refractivity contribution is 0.475. The lowest BCUT2D eigenvalue weighted by atomic mass is 9.96. The predicted octanol–water partition coefficient (Wildman–Crippen LogP) is 5.26. The highest BCUT2D eigenvalue weighted by molar-refractivity contribution is 6.33. The van der Waals surface area contributed by atoms with Gasteiger partial charge in [-0.2, -0.15) is 5.26 Å². The molecule has 1 N–H and O–H groups in total. The van der Waals surface area contributed by atoms with Gasteiger partial charge in [0.25, 0.3) is 0 Å². The van der Waals surface area contributed by atoms with Crippen LogP contribution in [0.4, 0.5) is 0 Å². The Kier molecular flexibility index (Phi) is 4.24. The van der Waals surface area contributed by atoms with Crippen molar-refractivity contribution in [3.05, 3.63) is 70.4 Å². The van der Waals surface area contributed by atoms with Gasteiger partial charge in [-0.1, -0.05) is 35.9 Å². The minimum Gasteiger partial charge on any atom is -0.508 e. The van der Waals surface area contributed by atoms with Crippen molar-refractivity contribution in [3.8, 4) is 34.2 Å². The summed E-state index contributed by atoms with van der Waals surface area (Å²) in [6, 6.07) is 16.7. The molecule has 0 amide bonds. The summed E-state index contributed by atoms with van der Waals surface area (Å²) in [6.45, 7) is 3.77. The average molecular weight is 335 g/mol. The number of aromatic hydroxyl groups is 1. The van der Waals surface area contributed by atoms with Crippen LogP contribution in [0, 0.1) is 25.2 Å². The number of phenols is 1. The fraction of sp³-hybridized carbons (Fsp3) is 0.100. The summed E-state index contributed by atoms with van der Waals surface area (Å²) in [5.41, 5.74) is 5.20. The molecule has 0 aliphatic heterocycles. The van der Waals surface area contributed by atoms with Crippen LogP contribution >= 0.6 is 11.6 Å². The van der Waals surface area contributed by atoms with Crippen molar-refractivity contribution < 1.29 is 5.11 Å². The molecule has 0 aliphatic carbocycles. The van der Waals surface area contributed by atoms with E-state index in [1.807, 2.05) is 37.3 Å². The van der Waals surface area contributed by atoms with Gasteiger partial charge < -0.3 is 5.11 Å². The molecule has 0 saturated heterocycles. The number of aryl methyl sites for hydroxylation is 2. The second kappa shape index (κ2) is 6.35. The van der Waals surface area contributed by atoms with Gasteiger partial charge >= 0.3 is 0 Å². The van der Waals surface area contributed by atoms with Gasteiger partial charge in [-0.05, 0) is 43.7 Å². The van der Waals surface area contributed by atoms with E-state index in [2.05, 4.69) is 11.1 Å². The second-order valence-corrected chi connectivity index (χ2v) is 6.07. The van der Waals surface area contributed by atoms with Crippen LogP contribution in [0.15, 0.2) is 48.5 Å². The van der Waals surface area contributed by atoms with E-state index in [1.165, 1.54) is 0 Å². The molecule has 0 bridgehead atoms. The van der Waals surface area contributed by atoms with Gasteiger partial charge in [-0.3, -0.25) is 4.98 Å². The Morgan fingerprint density at radius 1 is 1.04 bits per heavy atom. The van der Waals surface area contributed by atoms with Crippen molar-refractivity contribution in [1.29, 1.82) is 5.26 Å². The predicted molar refractivity (Wildman–Crippen MR) is 96.0 cm³/mol. The number of rotatable bonds is 2. The van der Waals surface area contributed by atoms with Crippen LogP contribution in [0.25, 0.3) is 22.4 Å². The number of pyridine rings is 1. The Balaban J connectivity index is 2.27. The molecule has 3 rings (SSSR count). The van der Waals surface area contributed by atoms with Crippen LogP contribution in [0.3, 0.4) is 0 Å². The second-order valence-electron chi connectivity index (χ2n) is 5.66. The Hall–Kier alpha value is -2.83. The molecular weight excluding hydrogens is 320 g/mol. The van der Waals surface area contributed by atoms with Crippen molar-refractivity contribution in [2.75, 3.05) is 0 Å². The van der Waals surface area contributed by atoms with Crippen molar-refractivity contribution >= 4 is 11.6 Å². The van der Waals surface area contributed by atoms with E-state index < -0.39 is 0 Å². The Bertz CT molecular complexity index is 974. The summed E-state index contributed by atoms with van der Waals surface area (Å²) in [5.74, 6) is 0.172. The SMILES string of the molecule is Cc1ccc(-c2cc(-c3cccc(O)c3)nc(C)c2C#N)c(Cl)c1. The zero-order valence-corrected chi connectivity index (χ0v) is 14.1. The van der Waals surface area contributed by atoms with Crippen LogP contribution in [0.2, 0.25) is 5.02 Å². The van der Waals surface area contributed by atoms with Gasteiger partial charge in [0, 0.05) is 21.7 Å². The number of halogens is 1. The molecule has 2 aromatic carbocycles. The molecular formula is C20H15ClN2O. The molecule has 4 heteroatoms. The number of phenolic OH excluding ortho intramolecular Hbond substituents is 1. The first-order valence-electron chi connectivity index (χ1n) is 7.47. The third kappa shape index (κ3) is 2.97. The Morgan fingerprint density at radius 2 is 1.83 bits per heavy atom. The van der Waals surface area contributed by atoms with Gasteiger partial charge in [0.1, 0.15) is 11.8 Å². The van der Waals surface area contributed by atoms with E-state index in [4.69, 9.17) is 11.6 Å². The standard InChI is InChI=1S/C20H15ClN2O/c1-12-6-7-16(19(21)8-12)17-10-20(23-13(2)18(17)11-22)14-4-3-5-15(24)9-14/h3-10,24H,1-2H3. The number of nitrogens with zero attached hydrogens (tertiary/aromatic N) is 2. The van der Waals surface area contributed by atoms with Gasteiger partial charge in [0.15, 0.2) is 0 Å². The first-order valence-corrected chi connectivity index (χ1v) is 7.85. The third-order valence-electron chi connectivity index (χ3n) is 3.87. The summed E-state index contributed by atoms with van der Waals surface area (Å²) in [4.78, 5) is 4.51. The van der Waals surface area contributed by atoms with Crippen molar-refractivity contribution in [1.82, 2.24) is 4.98 Å². The van der Waals surface area contributed by atoms with E-state index in [0.717, 1.165) is 22.3 Å². The molecule has 118 valence electrons. The Labute approximate surface area is 145 Å². The highest BCUT2D eigenvalue weighted by Gasteiger charge is 2.15. The van der Waals surface area contributed by atoms with Crippen molar-refractivity contribution in [2.24, 2.45) is 0 Å². The summed E-state index contributed by atoms with van der Waals surface area (Å²) in [5, 5.41) is 19.8. The van der Waals surface area contributed by atoms with Gasteiger partial charge in [-0.25, -0.2) is 0 Å².